The van der Waals surface area contributed by atoms with Crippen molar-refractivity contribution in [3.8, 4) is 0 Å². The van der Waals surface area contributed by atoms with Crippen molar-refractivity contribution in [3.05, 3.63) is 92.9 Å². The molecule has 30 heavy (non-hydrogen) atoms. The molecule has 2 aliphatic rings. The fourth-order valence-corrected chi connectivity index (χ4v) is 4.07. The third kappa shape index (κ3) is 3.76. The van der Waals surface area contributed by atoms with E-state index in [2.05, 4.69) is 27.0 Å². The van der Waals surface area contributed by atoms with Crippen LogP contribution >= 0.6 is 11.6 Å². The molecular formula is C23H21ClN4O2. The first-order valence-electron chi connectivity index (χ1n) is 10.0. The van der Waals surface area contributed by atoms with Gasteiger partial charge in [0, 0.05) is 43.5 Å². The summed E-state index contributed by atoms with van der Waals surface area (Å²) in [7, 11) is 0. The average molecular weight is 421 g/mol. The molecule has 1 saturated heterocycles. The van der Waals surface area contributed by atoms with Crippen molar-refractivity contribution in [1.82, 2.24) is 14.5 Å². The van der Waals surface area contributed by atoms with Crippen LogP contribution in [0.2, 0.25) is 5.15 Å². The zero-order chi connectivity index (χ0) is 20.5. The second-order valence-electron chi connectivity index (χ2n) is 7.48. The minimum atomic E-state index is -0.0471. The van der Waals surface area contributed by atoms with Gasteiger partial charge in [0.25, 0.3) is 5.56 Å². The van der Waals surface area contributed by atoms with Gasteiger partial charge in [-0.25, -0.2) is 4.98 Å². The molecule has 0 amide bonds. The second-order valence-corrected chi connectivity index (χ2v) is 7.87. The molecule has 152 valence electrons. The lowest BCUT2D eigenvalue weighted by Gasteiger charge is -2.29. The number of fused-ring (bicyclic) bond motifs is 1. The van der Waals surface area contributed by atoms with Gasteiger partial charge < -0.3 is 14.2 Å². The molecule has 4 heterocycles. The smallest absolute Gasteiger partial charge is 0.251 e. The summed E-state index contributed by atoms with van der Waals surface area (Å²) >= 11 is 5.84. The van der Waals surface area contributed by atoms with Crippen molar-refractivity contribution < 1.29 is 4.74 Å². The Balaban J connectivity index is 1.41. The average Bonchev–Trinajstić information content (AvgIpc) is 3.20. The van der Waals surface area contributed by atoms with E-state index in [-0.39, 0.29) is 5.56 Å². The van der Waals surface area contributed by atoms with Gasteiger partial charge in [-0.15, -0.1) is 0 Å². The summed E-state index contributed by atoms with van der Waals surface area (Å²) in [4.78, 5) is 23.8. The fraction of sp³-hybridized carbons (Fsp3) is 0.261. The number of halogens is 1. The number of rotatable bonds is 4. The number of ether oxygens (including phenoxy) is 1. The zero-order valence-electron chi connectivity index (χ0n) is 16.4. The number of hydrogen-bond donors (Lipinski definition) is 0. The third-order valence-corrected chi connectivity index (χ3v) is 5.79. The highest BCUT2D eigenvalue weighted by molar-refractivity contribution is 6.29. The number of hydrogen-bond acceptors (Lipinski definition) is 5. The zero-order valence-corrected chi connectivity index (χ0v) is 17.2. The van der Waals surface area contributed by atoms with Gasteiger partial charge in [-0.05, 0) is 34.9 Å². The predicted molar refractivity (Wildman–Crippen MR) is 117 cm³/mol. The molecule has 7 heteroatoms. The van der Waals surface area contributed by atoms with Gasteiger partial charge in [0.05, 0.1) is 37.3 Å². The Hall–Kier alpha value is -2.96. The summed E-state index contributed by atoms with van der Waals surface area (Å²) in [6.07, 6.45) is 8.41. The molecule has 0 radical (unpaired) electrons. The molecule has 0 unspecified atom stereocenters. The predicted octanol–water partition coefficient (Wildman–Crippen LogP) is 3.16. The highest BCUT2D eigenvalue weighted by Crippen LogP contribution is 2.33. The Morgan fingerprint density at radius 1 is 1.07 bits per heavy atom. The quantitative estimate of drug-likeness (QED) is 0.607. The van der Waals surface area contributed by atoms with Crippen molar-refractivity contribution in [2.75, 3.05) is 31.2 Å². The second kappa shape index (κ2) is 8.05. The topological polar surface area (TPSA) is 60.3 Å². The first-order valence-corrected chi connectivity index (χ1v) is 10.4. The maximum atomic E-state index is 12.7. The summed E-state index contributed by atoms with van der Waals surface area (Å²) in [5, 5.41) is 0.443. The normalized spacial score (nSPS) is 15.8. The Bertz CT molecular complexity index is 1160. The molecule has 0 aromatic carbocycles. The largest absolute Gasteiger partial charge is 0.378 e. The molecule has 0 spiro atoms. The van der Waals surface area contributed by atoms with E-state index >= 15 is 0 Å². The van der Waals surface area contributed by atoms with Crippen LogP contribution in [-0.2, 0) is 17.7 Å². The Morgan fingerprint density at radius 2 is 1.93 bits per heavy atom. The van der Waals surface area contributed by atoms with Crippen LogP contribution in [0.25, 0.3) is 5.57 Å². The van der Waals surface area contributed by atoms with Gasteiger partial charge in [0.15, 0.2) is 0 Å². The van der Waals surface area contributed by atoms with Crippen LogP contribution in [0.3, 0.4) is 0 Å². The number of aromatic nitrogens is 3. The first kappa shape index (κ1) is 19.0. The van der Waals surface area contributed by atoms with Crippen LogP contribution in [0.1, 0.15) is 22.4 Å². The van der Waals surface area contributed by atoms with Crippen LogP contribution in [0.4, 0.5) is 5.69 Å². The lowest BCUT2D eigenvalue weighted by molar-refractivity contribution is 0.122. The van der Waals surface area contributed by atoms with E-state index in [0.717, 1.165) is 66.4 Å². The van der Waals surface area contributed by atoms with Gasteiger partial charge in [0.2, 0.25) is 0 Å². The molecule has 0 N–H and O–H groups in total. The molecule has 0 atom stereocenters. The fourth-order valence-electron chi connectivity index (χ4n) is 3.96. The van der Waals surface area contributed by atoms with E-state index in [1.165, 1.54) is 0 Å². The highest BCUT2D eigenvalue weighted by Gasteiger charge is 2.20. The minimum Gasteiger partial charge on any atom is -0.378 e. The summed E-state index contributed by atoms with van der Waals surface area (Å²) < 4.78 is 7.13. The number of morpholine rings is 1. The monoisotopic (exact) mass is 420 g/mol. The third-order valence-electron chi connectivity index (χ3n) is 5.57. The SMILES string of the molecule is O=c1cc(C2=CCc3ncc(N4CCOCC4)cc32)ccn1Cc1ccc(Cl)nc1. The molecular weight excluding hydrogens is 400 g/mol. The van der Waals surface area contributed by atoms with Crippen molar-refractivity contribution >= 4 is 22.9 Å². The number of nitrogens with zero attached hydrogens (tertiary/aromatic N) is 4. The Labute approximate surface area is 179 Å². The van der Waals surface area contributed by atoms with Crippen LogP contribution in [0.15, 0.2) is 59.8 Å². The van der Waals surface area contributed by atoms with Crippen LogP contribution in [0.5, 0.6) is 0 Å². The first-order chi connectivity index (χ1) is 14.7. The van der Waals surface area contributed by atoms with Gasteiger partial charge in [0.1, 0.15) is 5.15 Å². The van der Waals surface area contributed by atoms with Crippen molar-refractivity contribution in [1.29, 1.82) is 0 Å². The van der Waals surface area contributed by atoms with Gasteiger partial charge in [-0.3, -0.25) is 9.78 Å². The van der Waals surface area contributed by atoms with E-state index in [9.17, 15) is 4.79 Å². The molecule has 0 saturated carbocycles. The molecule has 3 aromatic heterocycles. The minimum absolute atomic E-state index is 0.0471. The Morgan fingerprint density at radius 3 is 2.70 bits per heavy atom. The van der Waals surface area contributed by atoms with E-state index < -0.39 is 0 Å². The molecule has 1 aliphatic heterocycles. The molecule has 3 aromatic rings. The van der Waals surface area contributed by atoms with Crippen LogP contribution in [-0.4, -0.2) is 40.8 Å². The standard InChI is InChI=1S/C23H21ClN4O2/c24-22-4-1-16(13-26-22)15-28-6-5-17(11-23(28)29)19-2-3-21-20(19)12-18(14-25-21)27-7-9-30-10-8-27/h1-2,4-6,11-14H,3,7-10,15H2. The highest BCUT2D eigenvalue weighted by atomic mass is 35.5. The molecule has 0 bridgehead atoms. The number of anilines is 1. The van der Waals surface area contributed by atoms with Crippen molar-refractivity contribution in [2.24, 2.45) is 0 Å². The lowest BCUT2D eigenvalue weighted by atomic mass is 10.0. The number of pyridine rings is 3. The summed E-state index contributed by atoms with van der Waals surface area (Å²) in [5.41, 5.74) is 6.15. The lowest BCUT2D eigenvalue weighted by Crippen LogP contribution is -2.36. The van der Waals surface area contributed by atoms with Crippen LogP contribution < -0.4 is 10.5 Å². The molecule has 5 rings (SSSR count). The van der Waals surface area contributed by atoms with E-state index in [0.29, 0.717) is 11.7 Å². The van der Waals surface area contributed by atoms with Crippen molar-refractivity contribution in [2.45, 2.75) is 13.0 Å². The Kier molecular flexibility index (Phi) is 5.11. The van der Waals surface area contributed by atoms with E-state index in [1.54, 1.807) is 22.9 Å². The molecule has 1 aliphatic carbocycles. The van der Waals surface area contributed by atoms with Crippen molar-refractivity contribution in [3.63, 3.8) is 0 Å². The van der Waals surface area contributed by atoms with Gasteiger partial charge >= 0.3 is 0 Å². The maximum Gasteiger partial charge on any atom is 0.251 e. The maximum absolute atomic E-state index is 12.7. The summed E-state index contributed by atoms with van der Waals surface area (Å²) in [6.45, 7) is 3.67. The van der Waals surface area contributed by atoms with E-state index in [1.807, 2.05) is 24.5 Å². The summed E-state index contributed by atoms with van der Waals surface area (Å²) in [6, 6.07) is 9.50. The van der Waals surface area contributed by atoms with Crippen LogP contribution in [0, 0.1) is 0 Å². The molecule has 1 fully saturated rings. The molecule has 6 nitrogen and oxygen atoms in total. The number of allylic oxidation sites excluding steroid dienone is 1. The van der Waals surface area contributed by atoms with Gasteiger partial charge in [-0.1, -0.05) is 23.7 Å². The van der Waals surface area contributed by atoms with E-state index in [4.69, 9.17) is 16.3 Å². The van der Waals surface area contributed by atoms with Gasteiger partial charge in [-0.2, -0.15) is 0 Å². The summed E-state index contributed by atoms with van der Waals surface area (Å²) in [5.74, 6) is 0.